The van der Waals surface area contributed by atoms with Crippen molar-refractivity contribution in [3.8, 4) is 0 Å². The summed E-state index contributed by atoms with van der Waals surface area (Å²) in [7, 11) is 0. The van der Waals surface area contributed by atoms with Gasteiger partial charge in [0.1, 0.15) is 4.84 Å². The van der Waals surface area contributed by atoms with Gasteiger partial charge in [-0.15, -0.1) is 29.8 Å². The number of halogens is 2. The molecule has 3 N–H and O–H groups in total. The van der Waals surface area contributed by atoms with Crippen LogP contribution in [0.1, 0.15) is 65.7 Å². The van der Waals surface area contributed by atoms with E-state index in [4.69, 9.17) is 28.9 Å². The molecule has 1 amide bonds. The molecule has 160 valence electrons. The maximum absolute atomic E-state index is 13.7. The maximum Gasteiger partial charge on any atom is 0.240 e. The van der Waals surface area contributed by atoms with Crippen molar-refractivity contribution < 1.29 is 4.79 Å². The molecule has 1 aliphatic carbocycles. The highest BCUT2D eigenvalue weighted by molar-refractivity contribution is 6.44. The zero-order valence-corrected chi connectivity index (χ0v) is 19.1. The van der Waals surface area contributed by atoms with Crippen LogP contribution >= 0.6 is 23.2 Å². The average molecular weight is 430 g/mol. The van der Waals surface area contributed by atoms with E-state index in [2.05, 4.69) is 18.8 Å². The molecule has 0 aromatic rings. The first kappa shape index (κ1) is 23.6. The lowest BCUT2D eigenvalue weighted by Crippen LogP contribution is -2.54. The molecular formula is C22H37Cl2N3O. The Bertz CT molecular complexity index is 568. The van der Waals surface area contributed by atoms with Crippen molar-refractivity contribution in [2.24, 2.45) is 17.6 Å². The lowest BCUT2D eigenvalue weighted by molar-refractivity contribution is -0.135. The quantitative estimate of drug-likeness (QED) is 0.431. The fraction of sp³-hybridized carbons (Fsp3) is 0.773. The van der Waals surface area contributed by atoms with Gasteiger partial charge in [0.2, 0.25) is 5.91 Å². The standard InChI is InChI=1S/C22H37Cl2N3O/c1-14(2)12-19-18(21(23)24)10-11-27(19)22(28)20(15(3)13-16(4)25)26-17-8-6-5-7-9-17/h13,15,17-21,26H,1,5-12,25H2,2-4H3/b16-13-. The van der Waals surface area contributed by atoms with Crippen LogP contribution in [-0.2, 0) is 4.79 Å². The molecule has 0 bridgehead atoms. The van der Waals surface area contributed by atoms with Crippen molar-refractivity contribution in [1.29, 1.82) is 0 Å². The number of amides is 1. The number of hydrogen-bond acceptors (Lipinski definition) is 3. The fourth-order valence-electron chi connectivity index (χ4n) is 4.72. The Balaban J connectivity index is 2.23. The van der Waals surface area contributed by atoms with Crippen LogP contribution in [0.2, 0.25) is 0 Å². The lowest BCUT2D eigenvalue weighted by Gasteiger charge is -2.36. The summed E-state index contributed by atoms with van der Waals surface area (Å²) in [4.78, 5) is 15.2. The van der Waals surface area contributed by atoms with Crippen molar-refractivity contribution >= 4 is 29.1 Å². The summed E-state index contributed by atoms with van der Waals surface area (Å²) in [5, 5.41) is 3.68. The van der Waals surface area contributed by atoms with Gasteiger partial charge in [0.05, 0.1) is 6.04 Å². The summed E-state index contributed by atoms with van der Waals surface area (Å²) in [5.74, 6) is 0.242. The Kier molecular flexibility index (Phi) is 9.17. The van der Waals surface area contributed by atoms with E-state index >= 15 is 0 Å². The molecule has 0 aromatic carbocycles. The number of likely N-dealkylation sites (tertiary alicyclic amines) is 1. The van der Waals surface area contributed by atoms with Crippen LogP contribution in [-0.4, -0.2) is 40.3 Å². The first-order valence-electron chi connectivity index (χ1n) is 10.6. The number of allylic oxidation sites excluding steroid dienone is 1. The SMILES string of the molecule is C=C(C)CC1C(C(Cl)Cl)CCN1C(=O)C(NC1CCCCC1)C(C)/C=C(/C)N. The van der Waals surface area contributed by atoms with Gasteiger partial charge < -0.3 is 16.0 Å². The van der Waals surface area contributed by atoms with Gasteiger partial charge in [-0.05, 0) is 39.5 Å². The largest absolute Gasteiger partial charge is 0.403 e. The zero-order chi connectivity index (χ0) is 20.8. The summed E-state index contributed by atoms with van der Waals surface area (Å²) in [6, 6.07) is 0.122. The monoisotopic (exact) mass is 429 g/mol. The minimum absolute atomic E-state index is 0.0100. The molecule has 1 saturated carbocycles. The molecule has 28 heavy (non-hydrogen) atoms. The molecule has 4 atom stereocenters. The van der Waals surface area contributed by atoms with Crippen LogP contribution < -0.4 is 11.1 Å². The zero-order valence-electron chi connectivity index (χ0n) is 17.6. The van der Waals surface area contributed by atoms with Crippen LogP contribution in [0.4, 0.5) is 0 Å². The summed E-state index contributed by atoms with van der Waals surface area (Å²) < 4.78 is 0. The number of nitrogens with two attached hydrogens (primary N) is 1. The Labute approximate surface area is 180 Å². The van der Waals surface area contributed by atoms with Gasteiger partial charge in [-0.2, -0.15) is 0 Å². The molecule has 2 rings (SSSR count). The van der Waals surface area contributed by atoms with E-state index in [9.17, 15) is 4.79 Å². The Hall–Kier alpha value is -0.710. The van der Waals surface area contributed by atoms with Crippen LogP contribution in [0.25, 0.3) is 0 Å². The van der Waals surface area contributed by atoms with E-state index in [-0.39, 0.29) is 29.8 Å². The topological polar surface area (TPSA) is 58.4 Å². The summed E-state index contributed by atoms with van der Waals surface area (Å²) in [6.45, 7) is 10.7. The average Bonchev–Trinajstić information content (AvgIpc) is 3.02. The van der Waals surface area contributed by atoms with Crippen LogP contribution in [0, 0.1) is 11.8 Å². The first-order chi connectivity index (χ1) is 13.2. The second-order valence-electron chi connectivity index (χ2n) is 8.80. The van der Waals surface area contributed by atoms with Gasteiger partial charge in [0, 0.05) is 36.2 Å². The lowest BCUT2D eigenvalue weighted by atomic mass is 9.91. The Morgan fingerprint density at radius 3 is 2.43 bits per heavy atom. The van der Waals surface area contributed by atoms with Crippen molar-refractivity contribution in [3.05, 3.63) is 23.9 Å². The third-order valence-electron chi connectivity index (χ3n) is 6.10. The number of nitrogens with one attached hydrogen (secondary N) is 1. The number of rotatable bonds is 8. The van der Waals surface area contributed by atoms with Crippen molar-refractivity contribution in [1.82, 2.24) is 10.2 Å². The van der Waals surface area contributed by atoms with Gasteiger partial charge in [0.25, 0.3) is 0 Å². The van der Waals surface area contributed by atoms with E-state index < -0.39 is 4.84 Å². The van der Waals surface area contributed by atoms with Gasteiger partial charge in [-0.3, -0.25) is 4.79 Å². The second kappa shape index (κ2) is 10.9. The molecule has 6 heteroatoms. The molecule has 4 nitrogen and oxygen atoms in total. The molecular weight excluding hydrogens is 393 g/mol. The Morgan fingerprint density at radius 1 is 1.25 bits per heavy atom. The Morgan fingerprint density at radius 2 is 1.89 bits per heavy atom. The van der Waals surface area contributed by atoms with Crippen molar-refractivity contribution in [2.45, 2.75) is 88.7 Å². The number of carbonyl (C=O) groups excluding carboxylic acids is 1. The molecule has 0 radical (unpaired) electrons. The van der Waals surface area contributed by atoms with Gasteiger partial charge in [0.15, 0.2) is 0 Å². The predicted octanol–water partition coefficient (Wildman–Crippen LogP) is 4.76. The molecule has 2 aliphatic rings. The summed E-state index contributed by atoms with van der Waals surface area (Å²) in [5.41, 5.74) is 7.73. The minimum Gasteiger partial charge on any atom is -0.403 e. The molecule has 1 heterocycles. The summed E-state index contributed by atoms with van der Waals surface area (Å²) >= 11 is 12.5. The minimum atomic E-state index is -0.476. The molecule has 4 unspecified atom stereocenters. The molecule has 1 saturated heterocycles. The van der Waals surface area contributed by atoms with Crippen LogP contribution in [0.3, 0.4) is 0 Å². The molecule has 0 spiro atoms. The normalized spacial score (nSPS) is 26.5. The third-order valence-corrected chi connectivity index (χ3v) is 6.75. The number of alkyl halides is 2. The highest BCUT2D eigenvalue weighted by Crippen LogP contribution is 2.36. The highest BCUT2D eigenvalue weighted by Gasteiger charge is 2.42. The van der Waals surface area contributed by atoms with E-state index in [1.165, 1.54) is 19.3 Å². The van der Waals surface area contributed by atoms with E-state index in [0.29, 0.717) is 12.6 Å². The molecule has 0 aromatic heterocycles. The smallest absolute Gasteiger partial charge is 0.240 e. The highest BCUT2D eigenvalue weighted by atomic mass is 35.5. The second-order valence-corrected chi connectivity index (χ2v) is 9.96. The fourth-order valence-corrected chi connectivity index (χ4v) is 5.31. The predicted molar refractivity (Wildman–Crippen MR) is 119 cm³/mol. The van der Waals surface area contributed by atoms with E-state index in [1.807, 2.05) is 24.8 Å². The maximum atomic E-state index is 13.7. The van der Waals surface area contributed by atoms with E-state index in [1.54, 1.807) is 0 Å². The molecule has 1 aliphatic heterocycles. The first-order valence-corrected chi connectivity index (χ1v) is 11.5. The van der Waals surface area contributed by atoms with Crippen LogP contribution in [0.5, 0.6) is 0 Å². The van der Waals surface area contributed by atoms with Gasteiger partial charge >= 0.3 is 0 Å². The number of hydrogen-bond donors (Lipinski definition) is 2. The number of carbonyl (C=O) groups is 1. The molecule has 2 fully saturated rings. The summed E-state index contributed by atoms with van der Waals surface area (Å²) in [6.07, 6.45) is 9.56. The van der Waals surface area contributed by atoms with Gasteiger partial charge in [-0.25, -0.2) is 0 Å². The number of nitrogens with zero attached hydrogens (tertiary/aromatic N) is 1. The van der Waals surface area contributed by atoms with Crippen molar-refractivity contribution in [3.63, 3.8) is 0 Å². The third kappa shape index (κ3) is 6.40. The van der Waals surface area contributed by atoms with Crippen molar-refractivity contribution in [2.75, 3.05) is 6.54 Å². The van der Waals surface area contributed by atoms with E-state index in [0.717, 1.165) is 37.0 Å². The van der Waals surface area contributed by atoms with Gasteiger partial charge in [-0.1, -0.05) is 37.8 Å². The van der Waals surface area contributed by atoms with Crippen LogP contribution in [0.15, 0.2) is 23.9 Å².